The summed E-state index contributed by atoms with van der Waals surface area (Å²) in [6, 6.07) is 29.2. The summed E-state index contributed by atoms with van der Waals surface area (Å²) in [6.45, 7) is 0. The van der Waals surface area contributed by atoms with Crippen LogP contribution in [0.4, 0.5) is 0 Å². The van der Waals surface area contributed by atoms with E-state index in [2.05, 4.69) is 108 Å². The Bertz CT molecular complexity index is 1500. The van der Waals surface area contributed by atoms with E-state index in [0.717, 1.165) is 6.42 Å². The molecular formula is C27H20Cl3V. The molecule has 0 spiro atoms. The molecule has 0 saturated carbocycles. The zero-order chi connectivity index (χ0) is 18.7. The first-order valence-electron chi connectivity index (χ1n) is 9.65. The Balaban J connectivity index is 0.000000907. The molecule has 31 heavy (non-hydrogen) atoms. The third-order valence-electron chi connectivity index (χ3n) is 5.90. The van der Waals surface area contributed by atoms with Crippen molar-refractivity contribution in [2.45, 2.75) is 6.42 Å². The summed E-state index contributed by atoms with van der Waals surface area (Å²) in [4.78, 5) is 0. The minimum absolute atomic E-state index is 0. The van der Waals surface area contributed by atoms with Crippen molar-refractivity contribution < 1.29 is 17.4 Å². The van der Waals surface area contributed by atoms with Crippen molar-refractivity contribution in [3.63, 3.8) is 0 Å². The van der Waals surface area contributed by atoms with Crippen molar-refractivity contribution in [3.8, 4) is 0 Å². The van der Waals surface area contributed by atoms with Gasteiger partial charge in [-0.15, -0.1) is 37.2 Å². The zero-order valence-electron chi connectivity index (χ0n) is 16.5. The molecule has 6 rings (SSSR count). The van der Waals surface area contributed by atoms with Crippen molar-refractivity contribution in [2.24, 2.45) is 0 Å². The van der Waals surface area contributed by atoms with Crippen molar-refractivity contribution in [3.05, 3.63) is 101 Å². The molecule has 0 aliphatic heterocycles. The van der Waals surface area contributed by atoms with Crippen LogP contribution in [0.2, 0.25) is 0 Å². The fourth-order valence-corrected chi connectivity index (χ4v) is 4.97. The van der Waals surface area contributed by atoms with Gasteiger partial charge in [0.1, 0.15) is 0 Å². The van der Waals surface area contributed by atoms with Crippen molar-refractivity contribution in [1.29, 1.82) is 0 Å². The molecule has 0 fully saturated rings. The molecule has 0 saturated heterocycles. The number of allylic oxidation sites excluding steroid dienone is 4. The minimum atomic E-state index is 0. The van der Waals surface area contributed by atoms with E-state index < -0.39 is 0 Å². The quantitative estimate of drug-likeness (QED) is 0.159. The summed E-state index contributed by atoms with van der Waals surface area (Å²) >= 11 is 2.75. The summed E-state index contributed by atoms with van der Waals surface area (Å²) in [7, 11) is 0. The van der Waals surface area contributed by atoms with Gasteiger partial charge in [0.2, 0.25) is 0 Å². The van der Waals surface area contributed by atoms with E-state index in [1.807, 2.05) is 0 Å². The summed E-state index contributed by atoms with van der Waals surface area (Å²) in [5.41, 5.74) is 2.69. The third kappa shape index (κ3) is 3.89. The van der Waals surface area contributed by atoms with Gasteiger partial charge in [0.15, 0.2) is 0 Å². The number of hydrogen-bond donors (Lipinski definition) is 0. The third-order valence-corrected chi connectivity index (χ3v) is 6.56. The van der Waals surface area contributed by atoms with Gasteiger partial charge in [-0.3, -0.25) is 0 Å². The normalized spacial score (nSPS) is 12.8. The molecule has 0 aromatic heterocycles. The molecule has 0 nitrogen and oxygen atoms in total. The predicted octanol–water partition coefficient (Wildman–Crippen LogP) is 8.78. The molecule has 0 unspecified atom stereocenters. The summed E-state index contributed by atoms with van der Waals surface area (Å²) in [5, 5.41) is 10.5. The Hall–Kier alpha value is -1.93. The first-order chi connectivity index (χ1) is 13.8. The van der Waals surface area contributed by atoms with Gasteiger partial charge in [-0.05, 0) is 0 Å². The molecule has 0 bridgehead atoms. The fourth-order valence-electron chi connectivity index (χ4n) is 4.50. The SMILES string of the molecule is Cl.Cl.Cl.[V][C]1=C(c2cccc3cc4ccc5cc6ccccc6cc5c4cc23)C=CC1. The number of benzene rings is 5. The summed E-state index contributed by atoms with van der Waals surface area (Å²) < 4.78 is 1.39. The standard InChI is InChI=1S/C27H17.3ClH.V/c1-2-7-18(6-1)24-11-5-10-21-15-23-13-12-22-14-19-8-3-4-9-20(19)16-25(22)27(23)17-26(21)24;;;;/h1,3-6,8-17H,2H2;3*1H;. The van der Waals surface area contributed by atoms with Crippen LogP contribution in [-0.2, 0) is 17.4 Å². The molecule has 4 heteroatoms. The Morgan fingerprint density at radius 2 is 1.13 bits per heavy atom. The molecule has 5 aromatic rings. The maximum absolute atomic E-state index is 2.75. The van der Waals surface area contributed by atoms with Gasteiger partial charge in [0, 0.05) is 0 Å². The van der Waals surface area contributed by atoms with Crippen molar-refractivity contribution >= 4 is 85.9 Å². The van der Waals surface area contributed by atoms with E-state index in [0.29, 0.717) is 0 Å². The second-order valence-electron chi connectivity index (χ2n) is 7.55. The van der Waals surface area contributed by atoms with Crippen LogP contribution >= 0.6 is 37.2 Å². The molecule has 0 radical (unpaired) electrons. The molecule has 1 aliphatic rings. The van der Waals surface area contributed by atoms with Crippen LogP contribution in [0.3, 0.4) is 0 Å². The van der Waals surface area contributed by atoms with Gasteiger partial charge in [0.05, 0.1) is 0 Å². The number of hydrogen-bond acceptors (Lipinski definition) is 0. The van der Waals surface area contributed by atoms with Crippen molar-refractivity contribution in [2.75, 3.05) is 0 Å². The van der Waals surface area contributed by atoms with Gasteiger partial charge in [-0.1, -0.05) is 0 Å². The summed E-state index contributed by atoms with van der Waals surface area (Å²) in [6.07, 6.45) is 5.56. The molecule has 1 aliphatic carbocycles. The molecule has 5 aromatic carbocycles. The average Bonchev–Trinajstić information content (AvgIpc) is 3.16. The van der Waals surface area contributed by atoms with E-state index in [4.69, 9.17) is 0 Å². The van der Waals surface area contributed by atoms with E-state index in [-0.39, 0.29) is 37.2 Å². The zero-order valence-corrected chi connectivity index (χ0v) is 20.4. The number of rotatable bonds is 1. The van der Waals surface area contributed by atoms with Gasteiger partial charge >= 0.3 is 173 Å². The predicted molar refractivity (Wildman–Crippen MR) is 139 cm³/mol. The van der Waals surface area contributed by atoms with E-state index in [1.165, 1.54) is 58.5 Å². The molecule has 0 heterocycles. The Labute approximate surface area is 209 Å². The monoisotopic (exact) mass is 500 g/mol. The fraction of sp³-hybridized carbons (Fsp3) is 0.0370. The molecule has 154 valence electrons. The number of halogens is 3. The van der Waals surface area contributed by atoms with E-state index in [1.54, 1.807) is 0 Å². The van der Waals surface area contributed by atoms with Crippen LogP contribution in [0, 0.1) is 0 Å². The van der Waals surface area contributed by atoms with Crippen LogP contribution in [0.1, 0.15) is 12.0 Å². The Kier molecular flexibility index (Phi) is 7.11. The van der Waals surface area contributed by atoms with E-state index >= 15 is 0 Å². The molecule has 0 amide bonds. The van der Waals surface area contributed by atoms with Crippen LogP contribution in [0.5, 0.6) is 0 Å². The molecule has 0 atom stereocenters. The second kappa shape index (κ2) is 9.29. The van der Waals surface area contributed by atoms with Crippen LogP contribution < -0.4 is 0 Å². The van der Waals surface area contributed by atoms with Crippen LogP contribution in [0.25, 0.3) is 48.7 Å². The van der Waals surface area contributed by atoms with Crippen molar-refractivity contribution in [1.82, 2.24) is 0 Å². The first kappa shape index (κ1) is 23.7. The maximum atomic E-state index is 2.75. The average molecular weight is 502 g/mol. The second-order valence-corrected chi connectivity index (χ2v) is 8.40. The Morgan fingerprint density at radius 3 is 1.81 bits per heavy atom. The van der Waals surface area contributed by atoms with E-state index in [9.17, 15) is 0 Å². The van der Waals surface area contributed by atoms with Gasteiger partial charge < -0.3 is 0 Å². The molecule has 0 N–H and O–H groups in total. The van der Waals surface area contributed by atoms with Gasteiger partial charge in [0.25, 0.3) is 0 Å². The first-order valence-corrected chi connectivity index (χ1v) is 10.3. The van der Waals surface area contributed by atoms with Gasteiger partial charge in [-0.25, -0.2) is 0 Å². The topological polar surface area (TPSA) is 0 Å². The molecular weight excluding hydrogens is 482 g/mol. The van der Waals surface area contributed by atoms with Gasteiger partial charge in [-0.2, -0.15) is 0 Å². The van der Waals surface area contributed by atoms with Crippen LogP contribution in [-0.4, -0.2) is 0 Å². The number of fused-ring (bicyclic) bond motifs is 5. The Morgan fingerprint density at radius 1 is 0.548 bits per heavy atom. The van der Waals surface area contributed by atoms with Crippen LogP contribution in [0.15, 0.2) is 95.3 Å². The summed E-state index contributed by atoms with van der Waals surface area (Å²) in [5.74, 6) is 0.